The molecule has 0 aliphatic carbocycles. The molecule has 80 heavy (non-hydrogen) atoms. The van der Waals surface area contributed by atoms with Crippen LogP contribution in [-0.2, 0) is 18.4 Å². The van der Waals surface area contributed by atoms with E-state index in [0.717, 1.165) is 44.9 Å². The molecule has 1 amide bonds. The highest BCUT2D eigenvalue weighted by Crippen LogP contribution is 2.38. The van der Waals surface area contributed by atoms with Gasteiger partial charge in [0, 0.05) is 6.42 Å². The number of likely N-dealkylation sites (N-methyl/N-ethyl adjacent to an activating group) is 1. The summed E-state index contributed by atoms with van der Waals surface area (Å²) in [5.41, 5.74) is 0. The third-order valence-electron chi connectivity index (χ3n) is 16.3. The number of allylic oxidation sites excluding steroid dienone is 5. The highest BCUT2D eigenvalue weighted by Gasteiger charge is 2.23. The Kier molecular flexibility index (Phi) is 61.3. The molecule has 2 N–H and O–H groups in total. The van der Waals surface area contributed by atoms with Crippen molar-refractivity contribution in [2.45, 2.75) is 373 Å². The van der Waals surface area contributed by atoms with E-state index in [9.17, 15) is 19.4 Å². The van der Waals surface area contributed by atoms with E-state index in [1.54, 1.807) is 6.08 Å². The fourth-order valence-corrected chi connectivity index (χ4v) is 11.6. The molecule has 0 saturated carbocycles. The lowest BCUT2D eigenvalue weighted by Crippen LogP contribution is -2.45. The third kappa shape index (κ3) is 64.3. The molecule has 9 heteroatoms. The van der Waals surface area contributed by atoms with E-state index >= 15 is 0 Å². The van der Waals surface area contributed by atoms with Crippen LogP contribution in [0.2, 0.25) is 0 Å². The Labute approximate surface area is 499 Å². The van der Waals surface area contributed by atoms with Crippen LogP contribution in [0, 0.1) is 0 Å². The first-order chi connectivity index (χ1) is 39.0. The van der Waals surface area contributed by atoms with Crippen LogP contribution in [0.3, 0.4) is 0 Å². The Morgan fingerprint density at radius 3 is 1.04 bits per heavy atom. The van der Waals surface area contributed by atoms with E-state index in [4.69, 9.17) is 9.05 Å². The van der Waals surface area contributed by atoms with E-state index in [0.29, 0.717) is 17.4 Å². The molecule has 0 aliphatic heterocycles. The second kappa shape index (κ2) is 62.3. The summed E-state index contributed by atoms with van der Waals surface area (Å²) in [6.45, 7) is 4.70. The number of nitrogens with zero attached hydrogens (tertiary/aromatic N) is 1. The van der Waals surface area contributed by atoms with Crippen LogP contribution >= 0.6 is 7.82 Å². The predicted molar refractivity (Wildman–Crippen MR) is 348 cm³/mol. The van der Waals surface area contributed by atoms with Gasteiger partial charge in [-0.05, 0) is 51.4 Å². The van der Waals surface area contributed by atoms with Crippen LogP contribution in [-0.4, -0.2) is 68.5 Å². The molecule has 0 fully saturated rings. The van der Waals surface area contributed by atoms with E-state index in [-0.39, 0.29) is 19.1 Å². The third-order valence-corrected chi connectivity index (χ3v) is 17.3. The van der Waals surface area contributed by atoms with Gasteiger partial charge < -0.3 is 28.8 Å². The summed E-state index contributed by atoms with van der Waals surface area (Å²) in [7, 11) is 1.28. The summed E-state index contributed by atoms with van der Waals surface area (Å²) < 4.78 is 23.5. The molecule has 0 bridgehead atoms. The van der Waals surface area contributed by atoms with Crippen LogP contribution < -0.4 is 10.2 Å². The van der Waals surface area contributed by atoms with Crippen molar-refractivity contribution in [3.05, 3.63) is 36.5 Å². The fourth-order valence-electron chi connectivity index (χ4n) is 10.8. The lowest BCUT2D eigenvalue weighted by atomic mass is 10.0. The largest absolute Gasteiger partial charge is 0.756 e. The molecule has 0 aromatic heterocycles. The number of aliphatic hydroxyl groups excluding tert-OH is 1. The quantitative estimate of drug-likeness (QED) is 0.0272. The number of carbonyl (C=O) groups excluding carboxylic acids is 1. The zero-order chi connectivity index (χ0) is 58.4. The minimum atomic E-state index is -4.60. The molecule has 0 aliphatic rings. The number of amides is 1. The lowest BCUT2D eigenvalue weighted by Gasteiger charge is -2.29. The number of unbranched alkanes of at least 4 members (excludes halogenated alkanes) is 49. The standard InChI is InChI=1S/C71H139N2O6P/c1-6-8-10-12-14-16-18-20-22-24-26-28-30-32-34-35-36-37-39-41-43-45-47-49-51-53-55-57-59-61-63-65-71(75)72-69(68-79-80(76,77)78-67-66-73(3,4)5)70(74)64-62-60-58-56-54-52-50-48-46-44-42-40-38-33-31-29-27-25-23-21-19-17-15-13-11-9-7-2/h18,20,24,26,62,64,69-70,74H,6-17,19,21-23,25,27-61,63,65-68H2,1-5H3,(H-,72,75,76,77)/b20-18-,26-24-,64-62+. The Bertz CT molecular complexity index is 1400. The molecule has 0 rings (SSSR count). The smallest absolute Gasteiger partial charge is 0.268 e. The van der Waals surface area contributed by atoms with Gasteiger partial charge in [0.25, 0.3) is 7.82 Å². The van der Waals surface area contributed by atoms with Gasteiger partial charge in [-0.2, -0.15) is 0 Å². The van der Waals surface area contributed by atoms with Gasteiger partial charge in [-0.25, -0.2) is 0 Å². The molecule has 0 heterocycles. The summed E-state index contributed by atoms with van der Waals surface area (Å²) in [5, 5.41) is 14.0. The van der Waals surface area contributed by atoms with Crippen molar-refractivity contribution in [2.75, 3.05) is 40.9 Å². The van der Waals surface area contributed by atoms with Crippen LogP contribution in [0.5, 0.6) is 0 Å². The molecule has 0 aromatic carbocycles. The zero-order valence-electron chi connectivity index (χ0n) is 54.3. The van der Waals surface area contributed by atoms with Gasteiger partial charge in [-0.15, -0.1) is 0 Å². The summed E-state index contributed by atoms with van der Waals surface area (Å²) in [4.78, 5) is 25.6. The van der Waals surface area contributed by atoms with E-state index < -0.39 is 20.0 Å². The predicted octanol–water partition coefficient (Wildman–Crippen LogP) is 21.8. The van der Waals surface area contributed by atoms with Crippen molar-refractivity contribution >= 4 is 13.7 Å². The average Bonchev–Trinajstić information content (AvgIpc) is 3.42. The summed E-state index contributed by atoms with van der Waals surface area (Å²) in [5.74, 6) is -0.190. The summed E-state index contributed by atoms with van der Waals surface area (Å²) in [6.07, 6.45) is 82.7. The Morgan fingerprint density at radius 1 is 0.438 bits per heavy atom. The van der Waals surface area contributed by atoms with Gasteiger partial charge in [0.1, 0.15) is 13.2 Å². The first kappa shape index (κ1) is 78.7. The van der Waals surface area contributed by atoms with Gasteiger partial charge in [0.2, 0.25) is 5.91 Å². The monoisotopic (exact) mass is 1150 g/mol. The zero-order valence-corrected chi connectivity index (χ0v) is 55.2. The molecule has 3 atom stereocenters. The highest BCUT2D eigenvalue weighted by atomic mass is 31.2. The first-order valence-electron chi connectivity index (χ1n) is 35.4. The van der Waals surface area contributed by atoms with Crippen molar-refractivity contribution in [3.63, 3.8) is 0 Å². The molecule has 8 nitrogen and oxygen atoms in total. The number of hydrogen-bond acceptors (Lipinski definition) is 6. The van der Waals surface area contributed by atoms with Crippen LogP contribution in [0.15, 0.2) is 36.5 Å². The van der Waals surface area contributed by atoms with Gasteiger partial charge in [0.05, 0.1) is 39.9 Å². The van der Waals surface area contributed by atoms with Crippen LogP contribution in [0.25, 0.3) is 0 Å². The molecule has 0 aromatic rings. The van der Waals surface area contributed by atoms with Crippen molar-refractivity contribution < 1.29 is 32.9 Å². The minimum absolute atomic E-state index is 0.00108. The molecular weight excluding hydrogens is 1010 g/mol. The Morgan fingerprint density at radius 2 is 0.725 bits per heavy atom. The molecule has 0 saturated heterocycles. The number of hydrogen-bond donors (Lipinski definition) is 2. The van der Waals surface area contributed by atoms with Crippen LogP contribution in [0.1, 0.15) is 361 Å². The molecule has 0 radical (unpaired) electrons. The Hall–Kier alpha value is -1.28. The second-order valence-electron chi connectivity index (χ2n) is 25.6. The Balaban J connectivity index is 4.04. The van der Waals surface area contributed by atoms with Crippen molar-refractivity contribution in [1.82, 2.24) is 5.32 Å². The SMILES string of the molecule is CCCCCCC/C=C\C/C=C\CCCCCCCCCCCCCCCCCCCCCC(=O)NC(COP(=O)([O-])OCC[N+](C)(C)C)C(O)/C=C/CCCCCCCCCCCCCCCCCCCCCCCCCCC. The number of carbonyl (C=O) groups is 1. The summed E-state index contributed by atoms with van der Waals surface area (Å²) in [6, 6.07) is -0.887. The maximum Gasteiger partial charge on any atom is 0.268 e. The second-order valence-corrected chi connectivity index (χ2v) is 27.0. The maximum atomic E-state index is 13.0. The van der Waals surface area contributed by atoms with Crippen molar-refractivity contribution in [2.24, 2.45) is 0 Å². The van der Waals surface area contributed by atoms with E-state index in [2.05, 4.69) is 43.5 Å². The van der Waals surface area contributed by atoms with Gasteiger partial charge in [-0.1, -0.05) is 339 Å². The molecule has 0 spiro atoms. The van der Waals surface area contributed by atoms with Crippen LogP contribution in [0.4, 0.5) is 0 Å². The number of phosphoric ester groups is 1. The minimum Gasteiger partial charge on any atom is -0.756 e. The molecular formula is C71H139N2O6P. The molecule has 3 unspecified atom stereocenters. The average molecular weight is 1150 g/mol. The molecule has 474 valence electrons. The topological polar surface area (TPSA) is 108 Å². The number of phosphoric acid groups is 1. The number of quaternary nitrogens is 1. The normalized spacial score (nSPS) is 13.8. The van der Waals surface area contributed by atoms with Gasteiger partial charge in [0.15, 0.2) is 0 Å². The van der Waals surface area contributed by atoms with E-state index in [1.165, 1.54) is 295 Å². The lowest BCUT2D eigenvalue weighted by molar-refractivity contribution is -0.870. The summed E-state index contributed by atoms with van der Waals surface area (Å²) >= 11 is 0. The van der Waals surface area contributed by atoms with Crippen molar-refractivity contribution in [3.8, 4) is 0 Å². The van der Waals surface area contributed by atoms with Crippen molar-refractivity contribution in [1.29, 1.82) is 0 Å². The number of aliphatic hydroxyl groups is 1. The fraction of sp³-hybridized carbons (Fsp3) is 0.901. The van der Waals surface area contributed by atoms with E-state index in [1.807, 2.05) is 27.2 Å². The maximum absolute atomic E-state index is 13.0. The number of nitrogens with one attached hydrogen (secondary N) is 1. The van der Waals surface area contributed by atoms with Gasteiger partial charge in [-0.3, -0.25) is 9.36 Å². The van der Waals surface area contributed by atoms with Gasteiger partial charge >= 0.3 is 0 Å². The first-order valence-corrected chi connectivity index (χ1v) is 36.8. The number of rotatable bonds is 66. The highest BCUT2D eigenvalue weighted by molar-refractivity contribution is 7.45.